The predicted molar refractivity (Wildman–Crippen MR) is 66.0 cm³/mol. The van der Waals surface area contributed by atoms with Crippen LogP contribution in [0.25, 0.3) is 11.0 Å². The molecule has 0 bridgehead atoms. The largest absolute Gasteiger partial charge is 0.365 e. The summed E-state index contributed by atoms with van der Waals surface area (Å²) < 4.78 is 1.71. The number of anilines is 1. The Morgan fingerprint density at radius 2 is 2.39 bits per heavy atom. The summed E-state index contributed by atoms with van der Waals surface area (Å²) in [4.78, 5) is 19.5. The summed E-state index contributed by atoms with van der Waals surface area (Å²) in [7, 11) is 1.85. The Balaban J connectivity index is 1.84. The van der Waals surface area contributed by atoms with Crippen LogP contribution >= 0.6 is 0 Å². The first-order chi connectivity index (χ1) is 8.74. The third kappa shape index (κ3) is 1.87. The average molecular weight is 246 g/mol. The molecule has 18 heavy (non-hydrogen) atoms. The molecule has 1 saturated heterocycles. The van der Waals surface area contributed by atoms with Crippen LogP contribution in [0.1, 0.15) is 12.8 Å². The third-order valence-electron chi connectivity index (χ3n) is 3.14. The fourth-order valence-corrected chi connectivity index (χ4v) is 2.13. The fraction of sp³-hybridized carbons (Fsp3) is 0.455. The molecule has 1 aliphatic heterocycles. The summed E-state index contributed by atoms with van der Waals surface area (Å²) >= 11 is 0. The quantitative estimate of drug-likeness (QED) is 0.782. The lowest BCUT2D eigenvalue weighted by atomic mass is 10.1. The predicted octanol–water partition coefficient (Wildman–Crippen LogP) is 0.0538. The van der Waals surface area contributed by atoms with E-state index < -0.39 is 0 Å². The SMILES string of the molecule is Cn1ncc2c(NC3CCC(=O)NC3)ncnc21. The Hall–Kier alpha value is -2.18. The van der Waals surface area contributed by atoms with Crippen molar-refractivity contribution in [3.05, 3.63) is 12.5 Å². The van der Waals surface area contributed by atoms with E-state index in [1.807, 2.05) is 7.05 Å². The summed E-state index contributed by atoms with van der Waals surface area (Å²) in [5, 5.41) is 11.2. The Bertz CT molecular complexity index is 582. The van der Waals surface area contributed by atoms with E-state index in [1.165, 1.54) is 6.33 Å². The maximum absolute atomic E-state index is 11.1. The van der Waals surface area contributed by atoms with Gasteiger partial charge in [0.15, 0.2) is 5.65 Å². The van der Waals surface area contributed by atoms with Gasteiger partial charge in [-0.3, -0.25) is 9.48 Å². The molecule has 1 amide bonds. The van der Waals surface area contributed by atoms with Crippen molar-refractivity contribution in [1.29, 1.82) is 0 Å². The molecule has 1 fully saturated rings. The highest BCUT2D eigenvalue weighted by Crippen LogP contribution is 2.19. The van der Waals surface area contributed by atoms with Gasteiger partial charge in [0.25, 0.3) is 0 Å². The summed E-state index contributed by atoms with van der Waals surface area (Å²) in [6.07, 6.45) is 4.64. The molecule has 94 valence electrons. The summed E-state index contributed by atoms with van der Waals surface area (Å²) in [6, 6.07) is 0.209. The molecular weight excluding hydrogens is 232 g/mol. The molecule has 0 spiro atoms. The van der Waals surface area contributed by atoms with Gasteiger partial charge in [0, 0.05) is 26.1 Å². The van der Waals surface area contributed by atoms with Crippen molar-refractivity contribution in [2.75, 3.05) is 11.9 Å². The molecule has 1 aliphatic rings. The molecule has 7 heteroatoms. The number of nitrogens with one attached hydrogen (secondary N) is 2. The topological polar surface area (TPSA) is 84.7 Å². The highest BCUT2D eigenvalue weighted by atomic mass is 16.1. The summed E-state index contributed by atoms with van der Waals surface area (Å²) in [5.41, 5.74) is 0.798. The van der Waals surface area contributed by atoms with E-state index in [0.29, 0.717) is 13.0 Å². The molecule has 2 aromatic rings. The first-order valence-corrected chi connectivity index (χ1v) is 5.90. The van der Waals surface area contributed by atoms with Crippen LogP contribution in [0, 0.1) is 0 Å². The number of rotatable bonds is 2. The number of fused-ring (bicyclic) bond motifs is 1. The Labute approximate surface area is 104 Å². The lowest BCUT2D eigenvalue weighted by Gasteiger charge is -2.23. The molecule has 3 heterocycles. The van der Waals surface area contributed by atoms with Gasteiger partial charge in [-0.25, -0.2) is 9.97 Å². The van der Waals surface area contributed by atoms with Crippen LogP contribution in [0.2, 0.25) is 0 Å². The normalized spacial score (nSPS) is 19.8. The lowest BCUT2D eigenvalue weighted by Crippen LogP contribution is -2.42. The number of amides is 1. The van der Waals surface area contributed by atoms with Gasteiger partial charge in [-0.05, 0) is 6.42 Å². The second-order valence-electron chi connectivity index (χ2n) is 4.41. The molecule has 3 rings (SSSR count). The van der Waals surface area contributed by atoms with Gasteiger partial charge in [-0.1, -0.05) is 0 Å². The highest BCUT2D eigenvalue weighted by Gasteiger charge is 2.19. The maximum Gasteiger partial charge on any atom is 0.220 e. The number of piperidine rings is 1. The zero-order chi connectivity index (χ0) is 12.5. The molecule has 2 N–H and O–H groups in total. The standard InChI is InChI=1S/C11H14N6O/c1-17-11-8(5-15-17)10(13-6-14-11)16-7-2-3-9(18)12-4-7/h5-7H,2-4H2,1H3,(H,12,18)(H,13,14,16). The zero-order valence-electron chi connectivity index (χ0n) is 10.1. The molecule has 1 atom stereocenters. The fourth-order valence-electron chi connectivity index (χ4n) is 2.13. The number of carbonyl (C=O) groups excluding carboxylic acids is 1. The first kappa shape index (κ1) is 10.9. The summed E-state index contributed by atoms with van der Waals surface area (Å²) in [5.74, 6) is 0.886. The summed E-state index contributed by atoms with van der Waals surface area (Å²) in [6.45, 7) is 0.630. The average Bonchev–Trinajstić information content (AvgIpc) is 2.76. The van der Waals surface area contributed by atoms with Gasteiger partial charge in [0.05, 0.1) is 11.6 Å². The van der Waals surface area contributed by atoms with E-state index >= 15 is 0 Å². The van der Waals surface area contributed by atoms with Crippen LogP contribution in [-0.2, 0) is 11.8 Å². The Kier molecular flexibility index (Phi) is 2.58. The maximum atomic E-state index is 11.1. The van der Waals surface area contributed by atoms with E-state index in [0.717, 1.165) is 23.3 Å². The molecule has 1 unspecified atom stereocenters. The highest BCUT2D eigenvalue weighted by molar-refractivity contribution is 5.86. The van der Waals surface area contributed by atoms with Gasteiger partial charge >= 0.3 is 0 Å². The number of nitrogens with zero attached hydrogens (tertiary/aromatic N) is 4. The Morgan fingerprint density at radius 1 is 1.50 bits per heavy atom. The molecule has 0 radical (unpaired) electrons. The van der Waals surface area contributed by atoms with Crippen LogP contribution < -0.4 is 10.6 Å². The van der Waals surface area contributed by atoms with Crippen LogP contribution in [0.3, 0.4) is 0 Å². The second kappa shape index (κ2) is 4.25. The first-order valence-electron chi connectivity index (χ1n) is 5.90. The van der Waals surface area contributed by atoms with Crippen molar-refractivity contribution in [1.82, 2.24) is 25.1 Å². The number of carbonyl (C=O) groups is 1. The van der Waals surface area contributed by atoms with Crippen LogP contribution in [-0.4, -0.2) is 38.2 Å². The van der Waals surface area contributed by atoms with Gasteiger partial charge in [-0.2, -0.15) is 5.10 Å². The lowest BCUT2D eigenvalue weighted by molar-refractivity contribution is -0.122. The van der Waals surface area contributed by atoms with Crippen molar-refractivity contribution in [2.45, 2.75) is 18.9 Å². The number of aryl methyl sites for hydroxylation is 1. The monoisotopic (exact) mass is 246 g/mol. The third-order valence-corrected chi connectivity index (χ3v) is 3.14. The van der Waals surface area contributed by atoms with Crippen LogP contribution in [0.4, 0.5) is 5.82 Å². The van der Waals surface area contributed by atoms with Gasteiger partial charge in [0.1, 0.15) is 12.1 Å². The minimum Gasteiger partial charge on any atom is -0.365 e. The number of hydrogen-bond donors (Lipinski definition) is 2. The van der Waals surface area contributed by atoms with Gasteiger partial charge < -0.3 is 10.6 Å². The zero-order valence-corrected chi connectivity index (χ0v) is 10.1. The smallest absolute Gasteiger partial charge is 0.220 e. The molecule has 7 nitrogen and oxygen atoms in total. The molecule has 0 aromatic carbocycles. The Morgan fingerprint density at radius 3 is 3.17 bits per heavy atom. The van der Waals surface area contributed by atoms with Crippen LogP contribution in [0.15, 0.2) is 12.5 Å². The van der Waals surface area contributed by atoms with E-state index in [1.54, 1.807) is 10.9 Å². The minimum atomic E-state index is 0.113. The molecule has 2 aromatic heterocycles. The van der Waals surface area contributed by atoms with Crippen molar-refractivity contribution in [3.8, 4) is 0 Å². The van der Waals surface area contributed by atoms with Gasteiger partial charge in [-0.15, -0.1) is 0 Å². The second-order valence-corrected chi connectivity index (χ2v) is 4.41. The molecule has 0 aliphatic carbocycles. The van der Waals surface area contributed by atoms with Crippen molar-refractivity contribution < 1.29 is 4.79 Å². The van der Waals surface area contributed by atoms with Crippen LogP contribution in [0.5, 0.6) is 0 Å². The van der Waals surface area contributed by atoms with Crippen molar-refractivity contribution in [2.24, 2.45) is 7.05 Å². The van der Waals surface area contributed by atoms with Gasteiger partial charge in [0.2, 0.25) is 5.91 Å². The van der Waals surface area contributed by atoms with E-state index in [4.69, 9.17) is 0 Å². The van der Waals surface area contributed by atoms with E-state index in [9.17, 15) is 4.79 Å². The number of hydrogen-bond acceptors (Lipinski definition) is 5. The minimum absolute atomic E-state index is 0.113. The number of aromatic nitrogens is 4. The van der Waals surface area contributed by atoms with E-state index in [2.05, 4.69) is 25.7 Å². The van der Waals surface area contributed by atoms with Crippen molar-refractivity contribution in [3.63, 3.8) is 0 Å². The molecule has 0 saturated carbocycles. The molecular formula is C11H14N6O. The van der Waals surface area contributed by atoms with E-state index in [-0.39, 0.29) is 11.9 Å². The van der Waals surface area contributed by atoms with Crippen molar-refractivity contribution >= 4 is 22.8 Å².